The Morgan fingerprint density at radius 3 is 2.41 bits per heavy atom. The molecule has 0 aliphatic carbocycles. The van der Waals surface area contributed by atoms with Gasteiger partial charge in [0.1, 0.15) is 0 Å². The van der Waals surface area contributed by atoms with Crippen molar-refractivity contribution in [1.29, 1.82) is 0 Å². The molecule has 1 fully saturated rings. The summed E-state index contributed by atoms with van der Waals surface area (Å²) in [4.78, 5) is 28.7. The predicted molar refractivity (Wildman–Crippen MR) is 114 cm³/mol. The number of ether oxygens (including phenoxy) is 1. The molecule has 0 radical (unpaired) electrons. The van der Waals surface area contributed by atoms with E-state index in [4.69, 9.17) is 33.7 Å². The maximum atomic E-state index is 12.4. The van der Waals surface area contributed by atoms with E-state index in [1.54, 1.807) is 4.90 Å². The second-order valence-electron chi connectivity index (χ2n) is 6.93. The zero-order valence-electron chi connectivity index (χ0n) is 16.1. The smallest absolute Gasteiger partial charge is 0.340 e. The molecule has 154 valence electrons. The molecule has 1 aliphatic rings. The van der Waals surface area contributed by atoms with E-state index in [1.165, 1.54) is 17.7 Å². The molecule has 1 saturated heterocycles. The van der Waals surface area contributed by atoms with Crippen LogP contribution in [0.25, 0.3) is 0 Å². The van der Waals surface area contributed by atoms with Crippen LogP contribution in [0.2, 0.25) is 10.0 Å². The molecule has 0 spiro atoms. The van der Waals surface area contributed by atoms with Gasteiger partial charge in [-0.3, -0.25) is 9.69 Å². The number of nitrogen functional groups attached to an aromatic ring is 1. The van der Waals surface area contributed by atoms with Gasteiger partial charge in [-0.15, -0.1) is 0 Å². The van der Waals surface area contributed by atoms with Crippen molar-refractivity contribution in [2.75, 3.05) is 38.5 Å². The van der Waals surface area contributed by atoms with E-state index < -0.39 is 5.97 Å². The summed E-state index contributed by atoms with van der Waals surface area (Å²) < 4.78 is 5.14. The van der Waals surface area contributed by atoms with Gasteiger partial charge in [-0.25, -0.2) is 4.79 Å². The molecule has 1 atom stereocenters. The molecule has 0 aromatic heterocycles. The van der Waals surface area contributed by atoms with Crippen molar-refractivity contribution in [2.45, 2.75) is 13.0 Å². The van der Waals surface area contributed by atoms with Crippen molar-refractivity contribution in [3.05, 3.63) is 63.6 Å². The van der Waals surface area contributed by atoms with Crippen LogP contribution in [-0.4, -0.2) is 54.5 Å². The second kappa shape index (κ2) is 9.48. The first-order valence-corrected chi connectivity index (χ1v) is 10.1. The number of benzene rings is 2. The molecule has 8 heteroatoms. The molecule has 2 N–H and O–H groups in total. The molecule has 3 rings (SSSR count). The molecule has 1 heterocycles. The molecule has 1 amide bonds. The number of piperazine rings is 1. The zero-order chi connectivity index (χ0) is 21.0. The summed E-state index contributed by atoms with van der Waals surface area (Å²) in [5, 5.41) is 0.436. The van der Waals surface area contributed by atoms with Crippen molar-refractivity contribution in [1.82, 2.24) is 9.80 Å². The van der Waals surface area contributed by atoms with Crippen LogP contribution < -0.4 is 5.73 Å². The number of hydrogen-bond acceptors (Lipinski definition) is 5. The Hall–Kier alpha value is -2.28. The SMILES string of the molecule is CC(c1ccccc1)N1CCN(C(=O)COC(=O)c2cc(Cl)cc(Cl)c2N)CC1. The monoisotopic (exact) mass is 435 g/mol. The van der Waals surface area contributed by atoms with Gasteiger partial charge in [-0.05, 0) is 24.6 Å². The fraction of sp³-hybridized carbons (Fsp3) is 0.333. The number of carbonyl (C=O) groups excluding carboxylic acids is 2. The Bertz CT molecular complexity index is 884. The first-order valence-electron chi connectivity index (χ1n) is 9.35. The van der Waals surface area contributed by atoms with E-state index in [1.807, 2.05) is 18.2 Å². The highest BCUT2D eigenvalue weighted by Gasteiger charge is 2.25. The van der Waals surface area contributed by atoms with E-state index in [0.717, 1.165) is 13.1 Å². The third kappa shape index (κ3) is 5.21. The average molecular weight is 436 g/mol. The number of amides is 1. The van der Waals surface area contributed by atoms with E-state index in [0.29, 0.717) is 13.1 Å². The average Bonchev–Trinajstić information content (AvgIpc) is 2.74. The minimum atomic E-state index is -0.725. The standard InChI is InChI=1S/C21H23Cl2N3O3/c1-14(15-5-3-2-4-6-15)25-7-9-26(10-8-25)19(27)13-29-21(28)17-11-16(22)12-18(23)20(17)24/h2-6,11-12,14H,7-10,13,24H2,1H3. The molecule has 1 unspecified atom stereocenters. The normalized spacial score (nSPS) is 15.8. The molecule has 2 aromatic rings. The Labute approximate surface area is 180 Å². The number of hydrogen-bond donors (Lipinski definition) is 1. The molecule has 6 nitrogen and oxygen atoms in total. The van der Waals surface area contributed by atoms with Gasteiger partial charge in [0.05, 0.1) is 16.3 Å². The molecule has 0 bridgehead atoms. The van der Waals surface area contributed by atoms with E-state index in [9.17, 15) is 9.59 Å². The third-order valence-electron chi connectivity index (χ3n) is 5.14. The maximum Gasteiger partial charge on any atom is 0.340 e. The summed E-state index contributed by atoms with van der Waals surface area (Å²) in [6.45, 7) is 4.49. The quantitative estimate of drug-likeness (QED) is 0.572. The number of esters is 1. The van der Waals surface area contributed by atoms with Crippen LogP contribution in [-0.2, 0) is 9.53 Å². The first-order chi connectivity index (χ1) is 13.9. The third-order valence-corrected chi connectivity index (χ3v) is 5.67. The Kier molecular flexibility index (Phi) is 7.00. The summed E-state index contributed by atoms with van der Waals surface area (Å²) >= 11 is 11.8. The fourth-order valence-electron chi connectivity index (χ4n) is 3.35. The van der Waals surface area contributed by atoms with Crippen LogP contribution in [0.3, 0.4) is 0 Å². The topological polar surface area (TPSA) is 75.9 Å². The van der Waals surface area contributed by atoms with Crippen molar-refractivity contribution in [2.24, 2.45) is 0 Å². The molecule has 2 aromatic carbocycles. The van der Waals surface area contributed by atoms with Crippen molar-refractivity contribution in [3.8, 4) is 0 Å². The molecule has 1 aliphatic heterocycles. The highest BCUT2D eigenvalue weighted by Crippen LogP contribution is 2.28. The van der Waals surface area contributed by atoms with Gasteiger partial charge in [0.15, 0.2) is 6.61 Å². The van der Waals surface area contributed by atoms with Gasteiger partial charge in [-0.2, -0.15) is 0 Å². The highest BCUT2D eigenvalue weighted by molar-refractivity contribution is 6.37. The largest absolute Gasteiger partial charge is 0.452 e. The van der Waals surface area contributed by atoms with Gasteiger partial charge in [0.2, 0.25) is 0 Å². The van der Waals surface area contributed by atoms with Crippen LogP contribution in [0, 0.1) is 0 Å². The highest BCUT2D eigenvalue weighted by atomic mass is 35.5. The second-order valence-corrected chi connectivity index (χ2v) is 7.77. The number of halogens is 2. The van der Waals surface area contributed by atoms with Crippen LogP contribution in [0.5, 0.6) is 0 Å². The fourth-order valence-corrected chi connectivity index (χ4v) is 3.84. The van der Waals surface area contributed by atoms with Crippen LogP contribution in [0.4, 0.5) is 5.69 Å². The van der Waals surface area contributed by atoms with Gasteiger partial charge < -0.3 is 15.4 Å². The first kappa shape index (κ1) is 21.4. The minimum absolute atomic E-state index is 0.0526. The lowest BCUT2D eigenvalue weighted by atomic mass is 10.1. The lowest BCUT2D eigenvalue weighted by molar-refractivity contribution is -0.136. The number of carbonyl (C=O) groups is 2. The number of nitrogens with zero attached hydrogens (tertiary/aromatic N) is 2. The maximum absolute atomic E-state index is 12.4. The van der Waals surface area contributed by atoms with E-state index >= 15 is 0 Å². The van der Waals surface area contributed by atoms with Crippen LogP contribution in [0.1, 0.15) is 28.9 Å². The minimum Gasteiger partial charge on any atom is -0.452 e. The van der Waals surface area contributed by atoms with Gasteiger partial charge >= 0.3 is 5.97 Å². The summed E-state index contributed by atoms with van der Waals surface area (Å²) in [7, 11) is 0. The Morgan fingerprint density at radius 2 is 1.76 bits per heavy atom. The van der Waals surface area contributed by atoms with Crippen LogP contribution >= 0.6 is 23.2 Å². The Balaban J connectivity index is 1.51. The summed E-state index contributed by atoms with van der Waals surface area (Å²) in [5.41, 5.74) is 7.18. The molecular formula is C21H23Cl2N3O3. The molecule has 29 heavy (non-hydrogen) atoms. The summed E-state index contributed by atoms with van der Waals surface area (Å²) in [6.07, 6.45) is 0. The number of nitrogens with two attached hydrogens (primary N) is 1. The van der Waals surface area contributed by atoms with Crippen molar-refractivity contribution >= 4 is 40.8 Å². The van der Waals surface area contributed by atoms with Crippen LogP contribution in [0.15, 0.2) is 42.5 Å². The Morgan fingerprint density at radius 1 is 1.10 bits per heavy atom. The lowest BCUT2D eigenvalue weighted by Gasteiger charge is -2.38. The van der Waals surface area contributed by atoms with Gasteiger partial charge in [0.25, 0.3) is 5.91 Å². The molecule has 0 saturated carbocycles. The van der Waals surface area contributed by atoms with E-state index in [2.05, 4.69) is 24.0 Å². The van der Waals surface area contributed by atoms with Crippen molar-refractivity contribution < 1.29 is 14.3 Å². The predicted octanol–water partition coefficient (Wildman–Crippen LogP) is 3.64. The summed E-state index contributed by atoms with van der Waals surface area (Å²) in [5.74, 6) is -0.964. The molecular weight excluding hydrogens is 413 g/mol. The number of anilines is 1. The van der Waals surface area contributed by atoms with E-state index in [-0.39, 0.29) is 39.9 Å². The zero-order valence-corrected chi connectivity index (χ0v) is 17.6. The number of rotatable bonds is 5. The van der Waals surface area contributed by atoms with Gasteiger partial charge in [0, 0.05) is 37.2 Å². The lowest BCUT2D eigenvalue weighted by Crippen LogP contribution is -2.50. The summed E-state index contributed by atoms with van der Waals surface area (Å²) in [6, 6.07) is 13.4. The van der Waals surface area contributed by atoms with Crippen molar-refractivity contribution in [3.63, 3.8) is 0 Å². The van der Waals surface area contributed by atoms with Gasteiger partial charge in [-0.1, -0.05) is 53.5 Å².